The molecule has 4 heteroatoms. The average Bonchev–Trinajstić information content (AvgIpc) is 2.68. The number of hydrogen-bond donors (Lipinski definition) is 0. The van der Waals surface area contributed by atoms with E-state index in [1.54, 1.807) is 0 Å². The maximum absolute atomic E-state index is 4.60. The lowest BCUT2D eigenvalue weighted by atomic mass is 10.1. The molecule has 82 valence electrons. The molecule has 0 bridgehead atoms. The fourth-order valence-electron chi connectivity index (χ4n) is 1.92. The summed E-state index contributed by atoms with van der Waals surface area (Å²) in [5.74, 6) is 0. The summed E-state index contributed by atoms with van der Waals surface area (Å²) in [6.45, 7) is 8.42. The molecule has 0 fully saturated rings. The van der Waals surface area contributed by atoms with E-state index in [1.807, 2.05) is 21.6 Å². The van der Waals surface area contributed by atoms with Gasteiger partial charge in [0.1, 0.15) is 0 Å². The topological polar surface area (TPSA) is 25.8 Å². The second kappa shape index (κ2) is 3.37. The Kier molecular flexibility index (Phi) is 2.20. The molecule has 3 heterocycles. The number of pyridine rings is 2. The van der Waals surface area contributed by atoms with E-state index < -0.39 is 0 Å². The van der Waals surface area contributed by atoms with Gasteiger partial charge in [-0.1, -0.05) is 21.6 Å². The normalized spacial score (nSPS) is 13.8. The maximum atomic E-state index is 4.60. The van der Waals surface area contributed by atoms with Crippen LogP contribution in [-0.4, -0.2) is 9.97 Å². The Bertz CT molecular complexity index is 570. The van der Waals surface area contributed by atoms with Gasteiger partial charge in [-0.15, -0.1) is 0 Å². The van der Waals surface area contributed by atoms with Crippen molar-refractivity contribution in [2.24, 2.45) is 0 Å². The molecule has 2 aromatic rings. The molecule has 1 aliphatic heterocycles. The summed E-state index contributed by atoms with van der Waals surface area (Å²) in [7, 11) is 3.69. The van der Waals surface area contributed by atoms with Crippen LogP contribution in [0.25, 0.3) is 11.0 Å². The number of aryl methyl sites for hydroxylation is 2. The predicted octanol–water partition coefficient (Wildman–Crippen LogP) is 3.98. The maximum Gasteiger partial charge on any atom is 0.162 e. The van der Waals surface area contributed by atoms with Gasteiger partial charge in [-0.05, 0) is 38.8 Å². The summed E-state index contributed by atoms with van der Waals surface area (Å²) in [6, 6.07) is 0. The third-order valence-corrected chi connectivity index (χ3v) is 5.89. The fourth-order valence-corrected chi connectivity index (χ4v) is 5.00. The van der Waals surface area contributed by atoms with Crippen LogP contribution < -0.4 is 0 Å². The molecule has 3 rings (SSSR count). The molecule has 0 unspecified atom stereocenters. The monoisotopic (exact) mass is 248 g/mol. The number of hydrogen-bond acceptors (Lipinski definition) is 4. The van der Waals surface area contributed by atoms with Crippen LogP contribution in [0.1, 0.15) is 22.5 Å². The summed E-state index contributed by atoms with van der Waals surface area (Å²) in [5, 5.41) is 1.27. The van der Waals surface area contributed by atoms with Crippen molar-refractivity contribution in [3.05, 3.63) is 22.5 Å². The highest BCUT2D eigenvalue weighted by Crippen LogP contribution is 2.53. The molecule has 0 amide bonds. The molecule has 0 atom stereocenters. The van der Waals surface area contributed by atoms with Crippen molar-refractivity contribution in [3.8, 4) is 0 Å². The Balaban J connectivity index is 2.55. The molecule has 0 N–H and O–H groups in total. The number of rotatable bonds is 0. The highest BCUT2D eigenvalue weighted by atomic mass is 33.1. The Morgan fingerprint density at radius 3 is 1.62 bits per heavy atom. The molecule has 1 aliphatic rings. The van der Waals surface area contributed by atoms with E-state index in [0.717, 1.165) is 17.0 Å². The quantitative estimate of drug-likeness (QED) is 0.659. The molecule has 0 saturated carbocycles. The lowest BCUT2D eigenvalue weighted by molar-refractivity contribution is 1.06. The Morgan fingerprint density at radius 2 is 1.19 bits per heavy atom. The van der Waals surface area contributed by atoms with Crippen LogP contribution in [0, 0.1) is 27.7 Å². The molecule has 0 saturated heterocycles. The van der Waals surface area contributed by atoms with Gasteiger partial charge in [-0.2, -0.15) is 0 Å². The molecule has 0 spiro atoms. The minimum atomic E-state index is 0.911. The summed E-state index contributed by atoms with van der Waals surface area (Å²) < 4.78 is 0. The van der Waals surface area contributed by atoms with Crippen LogP contribution in [0.5, 0.6) is 0 Å². The van der Waals surface area contributed by atoms with Gasteiger partial charge in [0.15, 0.2) is 5.65 Å². The SMILES string of the molecule is Cc1nc2nc(C)c(C)c3c2c(c1C)SS3. The van der Waals surface area contributed by atoms with Gasteiger partial charge in [0.2, 0.25) is 0 Å². The van der Waals surface area contributed by atoms with Gasteiger partial charge in [0.05, 0.1) is 0 Å². The average molecular weight is 248 g/mol. The summed E-state index contributed by atoms with van der Waals surface area (Å²) >= 11 is 0. The molecule has 2 nitrogen and oxygen atoms in total. The van der Waals surface area contributed by atoms with Crippen molar-refractivity contribution in [3.63, 3.8) is 0 Å². The highest BCUT2D eigenvalue weighted by Gasteiger charge is 2.23. The number of aromatic nitrogens is 2. The van der Waals surface area contributed by atoms with Crippen LogP contribution in [0.3, 0.4) is 0 Å². The van der Waals surface area contributed by atoms with E-state index in [9.17, 15) is 0 Å². The lowest BCUT2D eigenvalue weighted by Crippen LogP contribution is -1.97. The lowest BCUT2D eigenvalue weighted by Gasteiger charge is -2.08. The summed E-state index contributed by atoms with van der Waals surface area (Å²) in [5.41, 5.74) is 5.70. The van der Waals surface area contributed by atoms with Crippen LogP contribution in [0.2, 0.25) is 0 Å². The van der Waals surface area contributed by atoms with E-state index >= 15 is 0 Å². The van der Waals surface area contributed by atoms with Crippen molar-refractivity contribution in [2.45, 2.75) is 37.5 Å². The van der Waals surface area contributed by atoms with Crippen molar-refractivity contribution in [2.75, 3.05) is 0 Å². The van der Waals surface area contributed by atoms with E-state index in [0.29, 0.717) is 0 Å². The minimum absolute atomic E-state index is 0.911. The van der Waals surface area contributed by atoms with Crippen molar-refractivity contribution < 1.29 is 0 Å². The van der Waals surface area contributed by atoms with Crippen molar-refractivity contribution >= 4 is 32.6 Å². The highest BCUT2D eigenvalue weighted by molar-refractivity contribution is 8.77. The first-order valence-electron chi connectivity index (χ1n) is 5.22. The summed E-state index contributed by atoms with van der Waals surface area (Å²) in [4.78, 5) is 11.9. The Hall–Kier alpha value is -0.740. The van der Waals surface area contributed by atoms with Gasteiger partial charge in [-0.3, -0.25) is 0 Å². The zero-order chi connectivity index (χ0) is 11.4. The van der Waals surface area contributed by atoms with Crippen LogP contribution in [0.4, 0.5) is 0 Å². The Morgan fingerprint density at radius 1 is 0.750 bits per heavy atom. The predicted molar refractivity (Wildman–Crippen MR) is 70.2 cm³/mol. The zero-order valence-corrected chi connectivity index (χ0v) is 11.3. The number of nitrogens with zero attached hydrogens (tertiary/aromatic N) is 2. The standard InChI is InChI=1S/C12H12N2S2/c1-5-7(3)13-12-9-10(5)15-16-11(9)6(2)8(4)14-12/h1-4H3. The molecule has 0 radical (unpaired) electrons. The van der Waals surface area contributed by atoms with E-state index in [4.69, 9.17) is 0 Å². The third kappa shape index (κ3) is 1.23. The Labute approximate surface area is 103 Å². The van der Waals surface area contributed by atoms with Crippen LogP contribution in [-0.2, 0) is 0 Å². The van der Waals surface area contributed by atoms with Crippen molar-refractivity contribution in [1.29, 1.82) is 0 Å². The van der Waals surface area contributed by atoms with Crippen molar-refractivity contribution in [1.82, 2.24) is 9.97 Å². The zero-order valence-electron chi connectivity index (χ0n) is 9.71. The molecule has 16 heavy (non-hydrogen) atoms. The van der Waals surface area contributed by atoms with Crippen LogP contribution in [0.15, 0.2) is 9.79 Å². The van der Waals surface area contributed by atoms with Gasteiger partial charge in [0, 0.05) is 26.6 Å². The second-order valence-corrected chi connectivity index (χ2v) is 6.32. The van der Waals surface area contributed by atoms with Gasteiger partial charge < -0.3 is 0 Å². The smallest absolute Gasteiger partial charge is 0.162 e. The van der Waals surface area contributed by atoms with Gasteiger partial charge in [-0.25, -0.2) is 9.97 Å². The molecule has 0 aromatic carbocycles. The van der Waals surface area contributed by atoms with E-state index in [2.05, 4.69) is 37.7 Å². The molecular weight excluding hydrogens is 236 g/mol. The molecular formula is C12H12N2S2. The van der Waals surface area contributed by atoms with Gasteiger partial charge in [0.25, 0.3) is 0 Å². The van der Waals surface area contributed by atoms with E-state index in [1.165, 1.54) is 26.3 Å². The third-order valence-electron chi connectivity index (χ3n) is 3.20. The minimum Gasteiger partial charge on any atom is -0.233 e. The first-order chi connectivity index (χ1) is 7.59. The van der Waals surface area contributed by atoms with Gasteiger partial charge >= 0.3 is 0 Å². The molecule has 0 aliphatic carbocycles. The van der Waals surface area contributed by atoms with Crippen LogP contribution >= 0.6 is 21.6 Å². The molecule has 2 aromatic heterocycles. The second-order valence-electron chi connectivity index (χ2n) is 4.17. The fraction of sp³-hybridized carbons (Fsp3) is 0.333. The first-order valence-corrected chi connectivity index (χ1v) is 7.37. The largest absolute Gasteiger partial charge is 0.233 e. The summed E-state index contributed by atoms with van der Waals surface area (Å²) in [6.07, 6.45) is 0. The van der Waals surface area contributed by atoms with E-state index in [-0.39, 0.29) is 0 Å². The first kappa shape index (κ1) is 10.4.